The highest BCUT2D eigenvalue weighted by atomic mass is 16.5. The van der Waals surface area contributed by atoms with Crippen LogP contribution in [0.5, 0.6) is 0 Å². The summed E-state index contributed by atoms with van der Waals surface area (Å²) in [7, 11) is 0. The fraction of sp³-hybridized carbons (Fsp3) is 0.889. The Kier molecular flexibility index (Phi) is 7.04. The van der Waals surface area contributed by atoms with Crippen LogP contribution in [0.1, 0.15) is 52.9 Å². The predicted molar refractivity (Wildman–Crippen MR) is 91.5 cm³/mol. The first-order valence-electron chi connectivity index (χ1n) is 9.18. The highest BCUT2D eigenvalue weighted by Crippen LogP contribution is 2.49. The Bertz CT molecular complexity index is 433. The van der Waals surface area contributed by atoms with Gasteiger partial charge in [0.2, 0.25) is 0 Å². The van der Waals surface area contributed by atoms with E-state index in [4.69, 9.17) is 9.47 Å². The van der Waals surface area contributed by atoms with Gasteiger partial charge in [0.1, 0.15) is 0 Å². The standard InChI is InChI=1S/C18H32N2O4/c1-13(2)5-8-23-7-4-6-19-16(21)17(22)20-15-10-18(11-15)9-14(3)24-12-18/h13-15H,4-12H2,1-3H3,(H,19,21)(H,20,22). The van der Waals surface area contributed by atoms with Crippen LogP contribution in [0.3, 0.4) is 0 Å². The van der Waals surface area contributed by atoms with Gasteiger partial charge in [0.25, 0.3) is 0 Å². The van der Waals surface area contributed by atoms with Crippen molar-refractivity contribution in [2.45, 2.75) is 65.0 Å². The van der Waals surface area contributed by atoms with Gasteiger partial charge >= 0.3 is 11.8 Å². The quantitative estimate of drug-likeness (QED) is 0.520. The number of carbonyl (C=O) groups is 2. The molecule has 1 unspecified atom stereocenters. The van der Waals surface area contributed by atoms with Crippen molar-refractivity contribution in [2.75, 3.05) is 26.4 Å². The molecule has 2 aliphatic rings. The molecule has 2 rings (SSSR count). The largest absolute Gasteiger partial charge is 0.381 e. The fourth-order valence-corrected chi connectivity index (χ4v) is 3.55. The molecule has 24 heavy (non-hydrogen) atoms. The molecule has 1 spiro atoms. The minimum Gasteiger partial charge on any atom is -0.381 e. The Morgan fingerprint density at radius 2 is 1.96 bits per heavy atom. The molecule has 0 aromatic carbocycles. The topological polar surface area (TPSA) is 76.7 Å². The lowest BCUT2D eigenvalue weighted by atomic mass is 9.64. The molecule has 6 heteroatoms. The molecule has 0 aromatic heterocycles. The van der Waals surface area contributed by atoms with Gasteiger partial charge in [0, 0.05) is 31.2 Å². The van der Waals surface area contributed by atoms with Gasteiger partial charge < -0.3 is 20.1 Å². The number of rotatable bonds is 8. The molecule has 1 heterocycles. The van der Waals surface area contributed by atoms with Crippen molar-refractivity contribution >= 4 is 11.8 Å². The Hall–Kier alpha value is -1.14. The van der Waals surface area contributed by atoms with E-state index < -0.39 is 11.8 Å². The van der Waals surface area contributed by atoms with E-state index in [0.29, 0.717) is 25.2 Å². The molecule has 0 bridgehead atoms. The van der Waals surface area contributed by atoms with Crippen LogP contribution in [0.2, 0.25) is 0 Å². The number of carbonyl (C=O) groups excluding carboxylic acids is 2. The maximum atomic E-state index is 11.9. The molecule has 6 nitrogen and oxygen atoms in total. The maximum Gasteiger partial charge on any atom is 0.309 e. The van der Waals surface area contributed by atoms with E-state index in [9.17, 15) is 9.59 Å². The lowest BCUT2D eigenvalue weighted by molar-refractivity contribution is -0.140. The van der Waals surface area contributed by atoms with Gasteiger partial charge in [-0.25, -0.2) is 0 Å². The molecule has 2 fully saturated rings. The summed E-state index contributed by atoms with van der Waals surface area (Å²) >= 11 is 0. The van der Waals surface area contributed by atoms with Gasteiger partial charge in [0.05, 0.1) is 12.7 Å². The van der Waals surface area contributed by atoms with E-state index in [0.717, 1.165) is 45.3 Å². The zero-order valence-corrected chi connectivity index (χ0v) is 15.2. The first-order valence-corrected chi connectivity index (χ1v) is 9.18. The van der Waals surface area contributed by atoms with Crippen LogP contribution in [-0.2, 0) is 19.1 Å². The van der Waals surface area contributed by atoms with Gasteiger partial charge in [-0.05, 0) is 44.9 Å². The third-order valence-electron chi connectivity index (χ3n) is 4.89. The third kappa shape index (κ3) is 5.74. The van der Waals surface area contributed by atoms with Crippen LogP contribution in [-0.4, -0.2) is 50.3 Å². The van der Waals surface area contributed by atoms with E-state index in [1.165, 1.54) is 0 Å². The summed E-state index contributed by atoms with van der Waals surface area (Å²) in [6.07, 6.45) is 4.97. The fourth-order valence-electron chi connectivity index (χ4n) is 3.55. The van der Waals surface area contributed by atoms with Crippen molar-refractivity contribution < 1.29 is 19.1 Å². The molecule has 2 N–H and O–H groups in total. The zero-order valence-electron chi connectivity index (χ0n) is 15.2. The number of ether oxygens (including phenoxy) is 2. The molecule has 1 aliphatic heterocycles. The first kappa shape index (κ1) is 19.2. The normalized spacial score (nSPS) is 28.8. The van der Waals surface area contributed by atoms with Crippen LogP contribution in [0, 0.1) is 11.3 Å². The number of hydrogen-bond acceptors (Lipinski definition) is 4. The van der Waals surface area contributed by atoms with E-state index in [2.05, 4.69) is 31.4 Å². The summed E-state index contributed by atoms with van der Waals surface area (Å²) in [5, 5.41) is 5.47. The molecule has 1 saturated carbocycles. The summed E-state index contributed by atoms with van der Waals surface area (Å²) in [4.78, 5) is 23.6. The molecular weight excluding hydrogens is 308 g/mol. The van der Waals surface area contributed by atoms with Gasteiger partial charge in [-0.3, -0.25) is 9.59 Å². The second-order valence-corrected chi connectivity index (χ2v) is 7.81. The maximum absolute atomic E-state index is 11.9. The molecule has 0 aromatic rings. The van der Waals surface area contributed by atoms with Crippen LogP contribution in [0.25, 0.3) is 0 Å². The van der Waals surface area contributed by atoms with Crippen LogP contribution in [0.4, 0.5) is 0 Å². The molecule has 1 atom stereocenters. The summed E-state index contributed by atoms with van der Waals surface area (Å²) in [6.45, 7) is 9.01. The average molecular weight is 340 g/mol. The highest BCUT2D eigenvalue weighted by Gasteiger charge is 2.49. The second kappa shape index (κ2) is 8.81. The summed E-state index contributed by atoms with van der Waals surface area (Å²) in [5.41, 5.74) is 0.237. The van der Waals surface area contributed by atoms with Crippen molar-refractivity contribution in [3.63, 3.8) is 0 Å². The lowest BCUT2D eigenvalue weighted by Gasteiger charge is -2.44. The molecular formula is C18H32N2O4. The Morgan fingerprint density at radius 1 is 1.21 bits per heavy atom. The van der Waals surface area contributed by atoms with Crippen LogP contribution in [0.15, 0.2) is 0 Å². The Morgan fingerprint density at radius 3 is 2.58 bits per heavy atom. The Labute approximate surface area is 145 Å². The van der Waals surface area contributed by atoms with Gasteiger partial charge in [-0.15, -0.1) is 0 Å². The molecule has 2 amide bonds. The summed E-state index contributed by atoms with van der Waals surface area (Å²) in [5.74, 6) is -0.435. The summed E-state index contributed by atoms with van der Waals surface area (Å²) in [6, 6.07) is 0.108. The van der Waals surface area contributed by atoms with Gasteiger partial charge in [-0.2, -0.15) is 0 Å². The monoisotopic (exact) mass is 340 g/mol. The highest BCUT2D eigenvalue weighted by molar-refractivity contribution is 6.35. The van der Waals surface area contributed by atoms with Crippen molar-refractivity contribution in [3.8, 4) is 0 Å². The minimum atomic E-state index is -0.547. The smallest absolute Gasteiger partial charge is 0.309 e. The van der Waals surface area contributed by atoms with Gasteiger partial charge in [0.15, 0.2) is 0 Å². The molecule has 1 saturated heterocycles. The predicted octanol–water partition coefficient (Wildman–Crippen LogP) is 1.63. The molecule has 138 valence electrons. The third-order valence-corrected chi connectivity index (χ3v) is 4.89. The molecule has 0 radical (unpaired) electrons. The molecule has 1 aliphatic carbocycles. The van der Waals surface area contributed by atoms with Crippen LogP contribution < -0.4 is 10.6 Å². The SMILES string of the molecule is CC(C)CCOCCCNC(=O)C(=O)NC1CC2(COC(C)C2)C1. The Balaban J connectivity index is 1.50. The van der Waals surface area contributed by atoms with Crippen molar-refractivity contribution in [1.82, 2.24) is 10.6 Å². The number of nitrogens with one attached hydrogen (secondary N) is 2. The average Bonchev–Trinajstić information content (AvgIpc) is 2.87. The van der Waals surface area contributed by atoms with E-state index in [-0.39, 0.29) is 11.5 Å². The van der Waals surface area contributed by atoms with E-state index in [1.54, 1.807) is 0 Å². The zero-order chi connectivity index (χ0) is 17.6. The van der Waals surface area contributed by atoms with Crippen molar-refractivity contribution in [2.24, 2.45) is 11.3 Å². The van der Waals surface area contributed by atoms with Crippen molar-refractivity contribution in [3.05, 3.63) is 0 Å². The second-order valence-electron chi connectivity index (χ2n) is 7.81. The number of amides is 2. The van der Waals surface area contributed by atoms with E-state index >= 15 is 0 Å². The summed E-state index contributed by atoms with van der Waals surface area (Å²) < 4.78 is 11.1. The van der Waals surface area contributed by atoms with E-state index in [1.807, 2.05) is 0 Å². The first-order chi connectivity index (χ1) is 11.4. The number of hydrogen-bond donors (Lipinski definition) is 2. The minimum absolute atomic E-state index is 0.108. The van der Waals surface area contributed by atoms with Gasteiger partial charge in [-0.1, -0.05) is 13.8 Å². The van der Waals surface area contributed by atoms with Crippen molar-refractivity contribution in [1.29, 1.82) is 0 Å². The van der Waals surface area contributed by atoms with Crippen LogP contribution >= 0.6 is 0 Å². The lowest BCUT2D eigenvalue weighted by Crippen LogP contribution is -2.54.